The summed E-state index contributed by atoms with van der Waals surface area (Å²) in [5.41, 5.74) is 8.61. The molecule has 6 aromatic rings. The van der Waals surface area contributed by atoms with Crippen molar-refractivity contribution in [2.45, 2.75) is 59.0 Å². The summed E-state index contributed by atoms with van der Waals surface area (Å²) in [5.74, 6) is 2.26. The molecule has 0 radical (unpaired) electrons. The first-order valence-corrected chi connectivity index (χ1v) is 16.0. The molecule has 0 unspecified atom stereocenters. The second kappa shape index (κ2) is 10.4. The molecule has 0 aliphatic heterocycles. The van der Waals surface area contributed by atoms with Crippen LogP contribution in [-0.2, 0) is 46.4 Å². The van der Waals surface area contributed by atoms with E-state index in [1.54, 1.807) is 12.4 Å². The Balaban J connectivity index is 1.12. The van der Waals surface area contributed by atoms with Crippen molar-refractivity contribution in [1.29, 1.82) is 0 Å². The largest absolute Gasteiger partial charge is 0.347 e. The Morgan fingerprint density at radius 2 is 1.13 bits per heavy atom. The number of benzene rings is 2. The van der Waals surface area contributed by atoms with Crippen molar-refractivity contribution in [3.8, 4) is 0 Å². The molecule has 8 heteroatoms. The lowest BCUT2D eigenvalue weighted by atomic mass is 9.84. The lowest BCUT2D eigenvalue weighted by Crippen LogP contribution is -2.27. The van der Waals surface area contributed by atoms with Crippen molar-refractivity contribution in [3.63, 3.8) is 0 Å². The van der Waals surface area contributed by atoms with Gasteiger partial charge in [-0.3, -0.25) is 9.59 Å². The molecule has 0 spiro atoms. The first-order valence-electron chi connectivity index (χ1n) is 16.0. The minimum absolute atomic E-state index is 0.0506. The molecule has 0 saturated carbocycles. The van der Waals surface area contributed by atoms with Gasteiger partial charge in [0.1, 0.15) is 11.6 Å². The molecule has 8 nitrogen and oxygen atoms in total. The SMILES string of the molecule is Cc1nccn1C[C@H]1CCc2c(c3cc(Cc4ccc5c(c4)c4c(n5C)CC[C@H](Cn5ccnc5C)C4=O)ccc3n2C)C1=O. The average molecular weight is 599 g/mol. The first kappa shape index (κ1) is 27.8. The summed E-state index contributed by atoms with van der Waals surface area (Å²) < 4.78 is 8.60. The fourth-order valence-corrected chi connectivity index (χ4v) is 7.99. The number of carbonyl (C=O) groups excluding carboxylic acids is 2. The lowest BCUT2D eigenvalue weighted by Gasteiger charge is -2.23. The average Bonchev–Trinajstić information content (AvgIpc) is 3.77. The minimum Gasteiger partial charge on any atom is -0.347 e. The molecule has 228 valence electrons. The molecule has 2 atom stereocenters. The molecule has 2 aromatic carbocycles. The van der Waals surface area contributed by atoms with Gasteiger partial charge in [-0.2, -0.15) is 0 Å². The number of hydrogen-bond acceptors (Lipinski definition) is 4. The maximum atomic E-state index is 13.9. The summed E-state index contributed by atoms with van der Waals surface area (Å²) in [6.45, 7) is 5.32. The highest BCUT2D eigenvalue weighted by Gasteiger charge is 2.34. The van der Waals surface area contributed by atoms with Gasteiger partial charge in [0.2, 0.25) is 0 Å². The molecule has 4 aromatic heterocycles. The van der Waals surface area contributed by atoms with Crippen LogP contribution in [0, 0.1) is 25.7 Å². The highest BCUT2D eigenvalue weighted by Crippen LogP contribution is 2.37. The standard InChI is InChI=1S/C37H38N6O2/c1-22-38-13-15-42(22)20-26-7-11-32-34(36(26)44)28-18-24(5-9-30(28)40(32)3)17-25-6-10-31-29(19-25)35-33(41(31)4)12-8-27(37(35)45)21-43-16-14-39-23(43)2/h5-6,9-10,13-16,18-19,26-27H,7-8,11-12,17,20-21H2,1-4H3/t26-,27-/m1/s1. The Labute approximate surface area is 262 Å². The predicted octanol–water partition coefficient (Wildman–Crippen LogP) is 6.16. The van der Waals surface area contributed by atoms with Crippen LogP contribution in [0.1, 0.15) is 67.7 Å². The predicted molar refractivity (Wildman–Crippen MR) is 175 cm³/mol. The van der Waals surface area contributed by atoms with Gasteiger partial charge in [-0.05, 0) is 81.3 Å². The van der Waals surface area contributed by atoms with Gasteiger partial charge < -0.3 is 18.3 Å². The van der Waals surface area contributed by atoms with Crippen LogP contribution < -0.4 is 0 Å². The van der Waals surface area contributed by atoms with E-state index in [0.29, 0.717) is 13.1 Å². The molecule has 0 N–H and O–H groups in total. The van der Waals surface area contributed by atoms with Crippen molar-refractivity contribution in [1.82, 2.24) is 28.2 Å². The molecule has 0 fully saturated rings. The number of aryl methyl sites for hydroxylation is 4. The maximum absolute atomic E-state index is 13.9. The molecule has 0 bridgehead atoms. The first-order chi connectivity index (χ1) is 21.8. The van der Waals surface area contributed by atoms with Crippen molar-refractivity contribution in [2.24, 2.45) is 25.9 Å². The van der Waals surface area contributed by atoms with Gasteiger partial charge in [0, 0.05) is 108 Å². The van der Waals surface area contributed by atoms with Crippen LogP contribution in [0.3, 0.4) is 0 Å². The zero-order valence-corrected chi connectivity index (χ0v) is 26.4. The molecule has 2 aliphatic rings. The smallest absolute Gasteiger partial charge is 0.170 e. The summed E-state index contributed by atoms with van der Waals surface area (Å²) in [6, 6.07) is 13.1. The second-order valence-corrected chi connectivity index (χ2v) is 13.1. The summed E-state index contributed by atoms with van der Waals surface area (Å²) in [7, 11) is 4.17. The zero-order chi connectivity index (χ0) is 31.0. The van der Waals surface area contributed by atoms with Crippen LogP contribution in [0.25, 0.3) is 21.8 Å². The van der Waals surface area contributed by atoms with E-state index >= 15 is 0 Å². The number of carbonyl (C=O) groups is 2. The van der Waals surface area contributed by atoms with E-state index in [-0.39, 0.29) is 23.4 Å². The number of ketones is 2. The van der Waals surface area contributed by atoms with Crippen LogP contribution in [0.4, 0.5) is 0 Å². The molecular weight excluding hydrogens is 560 g/mol. The van der Waals surface area contributed by atoms with E-state index in [2.05, 4.69) is 78.7 Å². The van der Waals surface area contributed by atoms with E-state index in [1.807, 2.05) is 26.2 Å². The van der Waals surface area contributed by atoms with Gasteiger partial charge in [0.05, 0.1) is 0 Å². The number of aromatic nitrogens is 6. The van der Waals surface area contributed by atoms with Gasteiger partial charge in [0.25, 0.3) is 0 Å². The Bertz CT molecular complexity index is 2000. The quantitative estimate of drug-likeness (QED) is 0.230. The monoisotopic (exact) mass is 598 g/mol. The molecule has 45 heavy (non-hydrogen) atoms. The lowest BCUT2D eigenvalue weighted by molar-refractivity contribution is 0.0880. The van der Waals surface area contributed by atoms with Gasteiger partial charge in [-0.25, -0.2) is 9.97 Å². The Morgan fingerprint density at radius 1 is 0.689 bits per heavy atom. The number of rotatable bonds is 6. The van der Waals surface area contributed by atoms with Gasteiger partial charge in [-0.1, -0.05) is 12.1 Å². The van der Waals surface area contributed by atoms with Crippen molar-refractivity contribution >= 4 is 33.4 Å². The van der Waals surface area contributed by atoms with E-state index in [1.165, 1.54) is 11.1 Å². The highest BCUT2D eigenvalue weighted by molar-refractivity contribution is 6.12. The van der Waals surface area contributed by atoms with Crippen LogP contribution in [0.2, 0.25) is 0 Å². The molecule has 8 rings (SSSR count). The van der Waals surface area contributed by atoms with Crippen molar-refractivity contribution in [3.05, 3.63) is 106 Å². The summed E-state index contributed by atoms with van der Waals surface area (Å²) in [4.78, 5) is 36.6. The van der Waals surface area contributed by atoms with E-state index in [4.69, 9.17) is 0 Å². The Hall–Kier alpha value is -4.72. The summed E-state index contributed by atoms with van der Waals surface area (Å²) in [6.07, 6.45) is 11.8. The van der Waals surface area contributed by atoms with E-state index < -0.39 is 0 Å². The molecular formula is C37H38N6O2. The summed E-state index contributed by atoms with van der Waals surface area (Å²) >= 11 is 0. The zero-order valence-electron chi connectivity index (χ0n) is 26.4. The van der Waals surface area contributed by atoms with E-state index in [0.717, 1.165) is 88.1 Å². The van der Waals surface area contributed by atoms with Crippen LogP contribution in [-0.4, -0.2) is 39.8 Å². The van der Waals surface area contributed by atoms with Crippen LogP contribution in [0.5, 0.6) is 0 Å². The maximum Gasteiger partial charge on any atom is 0.170 e. The Morgan fingerprint density at radius 3 is 1.53 bits per heavy atom. The molecule has 2 aliphatic carbocycles. The fourth-order valence-electron chi connectivity index (χ4n) is 7.99. The van der Waals surface area contributed by atoms with E-state index in [9.17, 15) is 9.59 Å². The topological polar surface area (TPSA) is 79.6 Å². The number of Topliss-reactive ketones (excluding diaryl/α,β-unsaturated/α-hetero) is 2. The third kappa shape index (κ3) is 4.41. The highest BCUT2D eigenvalue weighted by atomic mass is 16.1. The third-order valence-corrected chi connectivity index (χ3v) is 10.6. The number of fused-ring (bicyclic) bond motifs is 6. The fraction of sp³-hybridized carbons (Fsp3) is 0.351. The Kier molecular flexibility index (Phi) is 6.45. The third-order valence-electron chi connectivity index (χ3n) is 10.6. The molecule has 4 heterocycles. The second-order valence-electron chi connectivity index (χ2n) is 13.1. The van der Waals surface area contributed by atoms with Gasteiger partial charge >= 0.3 is 0 Å². The number of imidazole rings is 2. The number of nitrogens with zero attached hydrogens (tertiary/aromatic N) is 6. The van der Waals surface area contributed by atoms with Crippen molar-refractivity contribution in [2.75, 3.05) is 0 Å². The van der Waals surface area contributed by atoms with Crippen molar-refractivity contribution < 1.29 is 9.59 Å². The molecule has 0 amide bonds. The molecule has 0 saturated heterocycles. The normalized spacial score (nSPS) is 18.2. The summed E-state index contributed by atoms with van der Waals surface area (Å²) in [5, 5.41) is 2.10. The van der Waals surface area contributed by atoms with Crippen LogP contribution >= 0.6 is 0 Å². The van der Waals surface area contributed by atoms with Gasteiger partial charge in [-0.15, -0.1) is 0 Å². The number of hydrogen-bond donors (Lipinski definition) is 0. The van der Waals surface area contributed by atoms with Crippen LogP contribution in [0.15, 0.2) is 61.2 Å². The minimum atomic E-state index is -0.0506. The van der Waals surface area contributed by atoms with Gasteiger partial charge in [0.15, 0.2) is 11.6 Å².